The fourth-order valence-electron chi connectivity index (χ4n) is 1.60. The van der Waals surface area contributed by atoms with E-state index in [0.29, 0.717) is 5.75 Å². The van der Waals surface area contributed by atoms with Crippen LogP contribution in [0.1, 0.15) is 0 Å². The van der Waals surface area contributed by atoms with E-state index in [1.807, 2.05) is 0 Å². The minimum atomic E-state index is -3.89. The van der Waals surface area contributed by atoms with Crippen molar-refractivity contribution in [2.75, 3.05) is 0 Å². The zero-order valence-electron chi connectivity index (χ0n) is 11.1. The average molecular weight is 381 g/mol. The van der Waals surface area contributed by atoms with E-state index in [9.17, 15) is 8.42 Å². The van der Waals surface area contributed by atoms with Gasteiger partial charge in [0.05, 0.1) is 4.90 Å². The summed E-state index contributed by atoms with van der Waals surface area (Å²) < 4.78 is 30.3. The molecule has 8 heteroatoms. The summed E-state index contributed by atoms with van der Waals surface area (Å²) in [5.41, 5.74) is 0. The lowest BCUT2D eigenvalue weighted by atomic mass is 10.3. The monoisotopic (exact) mass is 379 g/mol. The van der Waals surface area contributed by atoms with Gasteiger partial charge in [0.15, 0.2) is 0 Å². The van der Waals surface area contributed by atoms with Crippen LogP contribution in [0, 0.1) is 0 Å². The van der Waals surface area contributed by atoms with Crippen LogP contribution in [0.2, 0.25) is 0 Å². The molecule has 0 radical (unpaired) electrons. The Kier molecular flexibility index (Phi) is 5.58. The van der Waals surface area contributed by atoms with Gasteiger partial charge in [-0.1, -0.05) is 71.2 Å². The van der Waals surface area contributed by atoms with Crippen molar-refractivity contribution >= 4 is 44.8 Å². The Morgan fingerprint density at radius 2 is 1.41 bits per heavy atom. The van der Waals surface area contributed by atoms with E-state index in [-0.39, 0.29) is 4.90 Å². The second-order valence-corrected chi connectivity index (χ2v) is 8.37. The number of hydrogen-bond acceptors (Lipinski definition) is 3. The molecule has 22 heavy (non-hydrogen) atoms. The van der Waals surface area contributed by atoms with Crippen molar-refractivity contribution in [2.24, 2.45) is 0 Å². The lowest BCUT2D eigenvalue weighted by Gasteiger charge is -2.26. The molecule has 2 aromatic carbocycles. The molecule has 0 bridgehead atoms. The molecule has 4 nitrogen and oxygen atoms in total. The van der Waals surface area contributed by atoms with Crippen LogP contribution < -0.4 is 9.46 Å². The molecular formula is C14H12Cl3NO3S. The predicted molar refractivity (Wildman–Crippen MR) is 87.9 cm³/mol. The van der Waals surface area contributed by atoms with Crippen LogP contribution in [0.15, 0.2) is 65.6 Å². The van der Waals surface area contributed by atoms with E-state index in [1.54, 1.807) is 48.5 Å². The molecular weight excluding hydrogens is 369 g/mol. The van der Waals surface area contributed by atoms with Gasteiger partial charge in [-0.3, -0.25) is 0 Å². The van der Waals surface area contributed by atoms with Gasteiger partial charge in [-0.05, 0) is 24.3 Å². The van der Waals surface area contributed by atoms with Crippen molar-refractivity contribution < 1.29 is 13.2 Å². The Balaban J connectivity index is 2.24. The van der Waals surface area contributed by atoms with Crippen molar-refractivity contribution in [3.8, 4) is 5.75 Å². The van der Waals surface area contributed by atoms with Crippen molar-refractivity contribution in [3.63, 3.8) is 0 Å². The minimum Gasteiger partial charge on any atom is -0.470 e. The lowest BCUT2D eigenvalue weighted by molar-refractivity contribution is 0.194. The first kappa shape index (κ1) is 17.4. The maximum atomic E-state index is 12.3. The standard InChI is InChI=1S/C14H12Cl3NO3S/c15-14(16,17)13(21-11-7-3-1-4-8-11)18-22(19,20)12-9-5-2-6-10-12/h1-10,13,18H. The van der Waals surface area contributed by atoms with Crippen LogP contribution in [0.25, 0.3) is 0 Å². The molecule has 0 heterocycles. The summed E-state index contributed by atoms with van der Waals surface area (Å²) in [6.07, 6.45) is -1.38. The van der Waals surface area contributed by atoms with E-state index in [0.717, 1.165) is 0 Å². The minimum absolute atomic E-state index is 0.0471. The number of nitrogens with one attached hydrogen (secondary N) is 1. The van der Waals surface area contributed by atoms with Gasteiger partial charge in [-0.25, -0.2) is 8.42 Å². The third-order valence-electron chi connectivity index (χ3n) is 2.61. The SMILES string of the molecule is O=S(=O)(NC(Oc1ccccc1)C(Cl)(Cl)Cl)c1ccccc1. The summed E-state index contributed by atoms with van der Waals surface area (Å²) in [4.78, 5) is 0.0471. The highest BCUT2D eigenvalue weighted by Crippen LogP contribution is 2.32. The number of sulfonamides is 1. The summed E-state index contributed by atoms with van der Waals surface area (Å²) in [6, 6.07) is 16.2. The highest BCUT2D eigenvalue weighted by molar-refractivity contribution is 7.89. The molecule has 0 aliphatic carbocycles. The molecule has 2 aromatic rings. The fourth-order valence-corrected chi connectivity index (χ4v) is 3.25. The molecule has 0 aliphatic rings. The second-order valence-electron chi connectivity index (χ2n) is 4.29. The predicted octanol–water partition coefficient (Wildman–Crippen LogP) is 3.74. The molecule has 1 atom stereocenters. The summed E-state index contributed by atoms with van der Waals surface area (Å²) >= 11 is 17.5. The largest absolute Gasteiger partial charge is 0.470 e. The molecule has 0 saturated heterocycles. The number of hydrogen-bond donors (Lipinski definition) is 1. The van der Waals surface area contributed by atoms with E-state index < -0.39 is 20.0 Å². The quantitative estimate of drug-likeness (QED) is 0.635. The second kappa shape index (κ2) is 7.06. The number of benzene rings is 2. The normalized spacial score (nSPS) is 13.6. The number of rotatable bonds is 5. The topological polar surface area (TPSA) is 55.4 Å². The third-order valence-corrected chi connectivity index (χ3v) is 4.62. The van der Waals surface area contributed by atoms with Crippen LogP contribution in [-0.4, -0.2) is 18.4 Å². The van der Waals surface area contributed by atoms with Gasteiger partial charge in [0.2, 0.25) is 20.0 Å². The Labute approximate surface area is 144 Å². The van der Waals surface area contributed by atoms with Gasteiger partial charge in [0.1, 0.15) is 5.75 Å². The third kappa shape index (κ3) is 4.76. The molecule has 1 unspecified atom stereocenters. The first-order chi connectivity index (χ1) is 10.3. The van der Waals surface area contributed by atoms with E-state index in [4.69, 9.17) is 39.5 Å². The Morgan fingerprint density at radius 3 is 1.91 bits per heavy atom. The Bertz CT molecular complexity index is 703. The van der Waals surface area contributed by atoms with Crippen LogP contribution in [0.3, 0.4) is 0 Å². The van der Waals surface area contributed by atoms with Gasteiger partial charge < -0.3 is 4.74 Å². The van der Waals surface area contributed by atoms with Gasteiger partial charge in [-0.2, -0.15) is 4.72 Å². The zero-order valence-corrected chi connectivity index (χ0v) is 14.2. The number of alkyl halides is 3. The maximum absolute atomic E-state index is 12.3. The molecule has 0 fully saturated rings. The van der Waals surface area contributed by atoms with Crippen molar-refractivity contribution in [1.82, 2.24) is 4.72 Å². The first-order valence-corrected chi connectivity index (χ1v) is 8.76. The number of halogens is 3. The summed E-state index contributed by atoms with van der Waals surface area (Å²) in [5, 5.41) is 0. The maximum Gasteiger partial charge on any atom is 0.243 e. The van der Waals surface area contributed by atoms with Crippen LogP contribution in [0.5, 0.6) is 5.75 Å². The molecule has 0 saturated carbocycles. The lowest BCUT2D eigenvalue weighted by Crippen LogP contribution is -2.47. The molecule has 118 valence electrons. The summed E-state index contributed by atoms with van der Waals surface area (Å²) in [5.74, 6) is 0.370. The number of para-hydroxylation sites is 1. The Morgan fingerprint density at radius 1 is 0.909 bits per heavy atom. The zero-order chi connectivity index (χ0) is 16.2. The van der Waals surface area contributed by atoms with Crippen molar-refractivity contribution in [3.05, 3.63) is 60.7 Å². The highest BCUT2D eigenvalue weighted by Gasteiger charge is 2.38. The van der Waals surface area contributed by atoms with E-state index in [2.05, 4.69) is 4.72 Å². The van der Waals surface area contributed by atoms with Gasteiger partial charge in [0.25, 0.3) is 0 Å². The van der Waals surface area contributed by atoms with Crippen molar-refractivity contribution in [2.45, 2.75) is 14.9 Å². The summed E-state index contributed by atoms with van der Waals surface area (Å²) in [7, 11) is -3.89. The molecule has 1 N–H and O–H groups in total. The van der Waals surface area contributed by atoms with Crippen molar-refractivity contribution in [1.29, 1.82) is 0 Å². The van der Waals surface area contributed by atoms with Gasteiger partial charge >= 0.3 is 0 Å². The van der Waals surface area contributed by atoms with Gasteiger partial charge in [-0.15, -0.1) is 0 Å². The molecule has 0 aliphatic heterocycles. The van der Waals surface area contributed by atoms with Crippen LogP contribution in [0.4, 0.5) is 0 Å². The van der Waals surface area contributed by atoms with Gasteiger partial charge in [0, 0.05) is 0 Å². The average Bonchev–Trinajstić information content (AvgIpc) is 2.47. The molecule has 0 aromatic heterocycles. The summed E-state index contributed by atoms with van der Waals surface area (Å²) in [6.45, 7) is 0. The first-order valence-electron chi connectivity index (χ1n) is 6.15. The Hall–Kier alpha value is -0.980. The van der Waals surface area contributed by atoms with Crippen LogP contribution in [-0.2, 0) is 10.0 Å². The molecule has 2 rings (SSSR count). The fraction of sp³-hybridized carbons (Fsp3) is 0.143. The van der Waals surface area contributed by atoms with E-state index in [1.165, 1.54) is 12.1 Å². The molecule has 0 spiro atoms. The van der Waals surface area contributed by atoms with E-state index >= 15 is 0 Å². The highest BCUT2D eigenvalue weighted by atomic mass is 35.6. The molecule has 0 amide bonds. The smallest absolute Gasteiger partial charge is 0.243 e. The number of ether oxygens (including phenoxy) is 1. The van der Waals surface area contributed by atoms with Crippen LogP contribution >= 0.6 is 34.8 Å².